The Labute approximate surface area is 162 Å². The van der Waals surface area contributed by atoms with Gasteiger partial charge in [-0.2, -0.15) is 0 Å². The number of nitrogens with one attached hydrogen (secondary N) is 2. The van der Waals surface area contributed by atoms with E-state index in [0.29, 0.717) is 13.2 Å². The van der Waals surface area contributed by atoms with E-state index in [1.54, 1.807) is 0 Å². The second-order valence-electron chi connectivity index (χ2n) is 6.40. The zero-order chi connectivity index (χ0) is 16.7. The molecular weight excluding hydrogens is 417 g/mol. The Morgan fingerprint density at radius 2 is 2.04 bits per heavy atom. The molecule has 2 rings (SSSR count). The van der Waals surface area contributed by atoms with Crippen LogP contribution < -0.4 is 15.4 Å². The molecule has 0 spiro atoms. The van der Waals surface area contributed by atoms with Gasteiger partial charge in [-0.05, 0) is 32.4 Å². The van der Waals surface area contributed by atoms with Crippen LogP contribution in [0.15, 0.2) is 23.2 Å². The molecule has 0 amide bonds. The predicted octanol–water partition coefficient (Wildman–Crippen LogP) is 3.10. The van der Waals surface area contributed by atoms with Gasteiger partial charge in [-0.15, -0.1) is 24.0 Å². The van der Waals surface area contributed by atoms with E-state index in [-0.39, 0.29) is 29.4 Å². The highest BCUT2D eigenvalue weighted by atomic mass is 127. The molecule has 1 aliphatic heterocycles. The first-order valence-corrected chi connectivity index (χ1v) is 8.38. The Bertz CT molecular complexity index is 545. The Morgan fingerprint density at radius 1 is 1.29 bits per heavy atom. The smallest absolute Gasteiger partial charge is 0.191 e. The third kappa shape index (κ3) is 6.12. The van der Waals surface area contributed by atoms with E-state index in [1.165, 1.54) is 5.56 Å². The Hall–Kier alpha value is -1.02. The molecule has 1 aromatic rings. The number of nitrogens with zero attached hydrogens (tertiary/aromatic N) is 1. The van der Waals surface area contributed by atoms with Crippen molar-refractivity contribution in [1.29, 1.82) is 0 Å². The average molecular weight is 447 g/mol. The highest BCUT2D eigenvalue weighted by Gasteiger charge is 2.33. The van der Waals surface area contributed by atoms with Gasteiger partial charge in [0.05, 0.1) is 26.4 Å². The summed E-state index contributed by atoms with van der Waals surface area (Å²) >= 11 is 0. The molecule has 0 aromatic heterocycles. The number of aryl methyl sites for hydroxylation is 1. The van der Waals surface area contributed by atoms with Gasteiger partial charge < -0.3 is 20.1 Å². The molecule has 6 heteroatoms. The van der Waals surface area contributed by atoms with Crippen molar-refractivity contribution < 1.29 is 9.47 Å². The molecule has 0 aliphatic carbocycles. The summed E-state index contributed by atoms with van der Waals surface area (Å²) in [5, 5.41) is 6.71. The lowest BCUT2D eigenvalue weighted by molar-refractivity contribution is -0.0971. The first kappa shape index (κ1) is 21.0. The number of hydrogen-bond acceptors (Lipinski definition) is 3. The van der Waals surface area contributed by atoms with Gasteiger partial charge in [0.25, 0.3) is 0 Å². The van der Waals surface area contributed by atoms with Crippen LogP contribution in [0, 0.1) is 12.3 Å². The maximum absolute atomic E-state index is 5.72. The maximum Gasteiger partial charge on any atom is 0.191 e. The normalized spacial score (nSPS) is 15.9. The number of rotatable bonds is 7. The predicted molar refractivity (Wildman–Crippen MR) is 110 cm³/mol. The monoisotopic (exact) mass is 447 g/mol. The van der Waals surface area contributed by atoms with Crippen molar-refractivity contribution >= 4 is 29.9 Å². The number of benzene rings is 1. The summed E-state index contributed by atoms with van der Waals surface area (Å²) in [7, 11) is 0. The molecule has 5 nitrogen and oxygen atoms in total. The van der Waals surface area contributed by atoms with Crippen molar-refractivity contribution in [2.24, 2.45) is 10.4 Å². The van der Waals surface area contributed by atoms with Crippen LogP contribution in [0.3, 0.4) is 0 Å². The molecule has 1 fully saturated rings. The second kappa shape index (κ2) is 10.1. The summed E-state index contributed by atoms with van der Waals surface area (Å²) in [5.74, 6) is 1.76. The molecule has 0 saturated carbocycles. The minimum atomic E-state index is 0. The van der Waals surface area contributed by atoms with Gasteiger partial charge in [-0.25, -0.2) is 4.99 Å². The van der Waals surface area contributed by atoms with E-state index >= 15 is 0 Å². The molecule has 1 saturated heterocycles. The Morgan fingerprint density at radius 3 is 2.62 bits per heavy atom. The van der Waals surface area contributed by atoms with E-state index in [1.807, 2.05) is 6.92 Å². The van der Waals surface area contributed by atoms with E-state index < -0.39 is 0 Å². The van der Waals surface area contributed by atoms with Crippen molar-refractivity contribution in [3.05, 3.63) is 29.3 Å². The van der Waals surface area contributed by atoms with Crippen LogP contribution in [0.1, 0.15) is 31.9 Å². The van der Waals surface area contributed by atoms with E-state index in [9.17, 15) is 0 Å². The largest absolute Gasteiger partial charge is 0.494 e. The third-order valence-electron chi connectivity index (χ3n) is 3.86. The topological polar surface area (TPSA) is 54.9 Å². The van der Waals surface area contributed by atoms with Gasteiger partial charge in [0.2, 0.25) is 0 Å². The van der Waals surface area contributed by atoms with Gasteiger partial charge >= 0.3 is 0 Å². The molecule has 136 valence electrons. The molecular formula is C18H30IN3O2. The zero-order valence-electron chi connectivity index (χ0n) is 15.1. The Kier molecular flexibility index (Phi) is 8.83. The number of halogens is 1. The number of hydrogen-bond donors (Lipinski definition) is 2. The maximum atomic E-state index is 5.72. The second-order valence-corrected chi connectivity index (χ2v) is 6.40. The van der Waals surface area contributed by atoms with Crippen LogP contribution in [0.25, 0.3) is 0 Å². The lowest BCUT2D eigenvalue weighted by Gasteiger charge is -2.38. The van der Waals surface area contributed by atoms with Crippen LogP contribution in [0.5, 0.6) is 5.75 Å². The van der Waals surface area contributed by atoms with Crippen LogP contribution in [-0.4, -0.2) is 38.9 Å². The van der Waals surface area contributed by atoms with E-state index in [0.717, 1.165) is 43.6 Å². The lowest BCUT2D eigenvalue weighted by atomic mass is 9.89. The standard InChI is InChI=1S/C18H29N3O2.HI/c1-5-19-17(21-11-18(4)12-22-13-18)20-10-15-8-7-14(3)9-16(15)23-6-2;/h7-9H,5-6,10-13H2,1-4H3,(H2,19,20,21);1H. The van der Waals surface area contributed by atoms with Gasteiger partial charge in [-0.3, -0.25) is 0 Å². The summed E-state index contributed by atoms with van der Waals surface area (Å²) in [4.78, 5) is 4.69. The number of aliphatic imine (C=N–C) groups is 1. The highest BCUT2D eigenvalue weighted by Crippen LogP contribution is 2.25. The van der Waals surface area contributed by atoms with E-state index in [2.05, 4.69) is 49.6 Å². The van der Waals surface area contributed by atoms with Crippen molar-refractivity contribution in [3.63, 3.8) is 0 Å². The van der Waals surface area contributed by atoms with Crippen molar-refractivity contribution in [2.75, 3.05) is 32.9 Å². The summed E-state index contributed by atoms with van der Waals surface area (Å²) in [6.07, 6.45) is 0. The highest BCUT2D eigenvalue weighted by molar-refractivity contribution is 14.0. The van der Waals surface area contributed by atoms with Crippen LogP contribution in [0.2, 0.25) is 0 Å². The molecule has 0 bridgehead atoms. The number of guanidine groups is 1. The molecule has 1 aliphatic rings. The fourth-order valence-electron chi connectivity index (χ4n) is 2.44. The van der Waals surface area contributed by atoms with Crippen molar-refractivity contribution in [2.45, 2.75) is 34.2 Å². The summed E-state index contributed by atoms with van der Waals surface area (Å²) in [6, 6.07) is 6.26. The quantitative estimate of drug-likeness (QED) is 0.383. The fourth-order valence-corrected chi connectivity index (χ4v) is 2.44. The van der Waals surface area contributed by atoms with Crippen LogP contribution >= 0.6 is 24.0 Å². The summed E-state index contributed by atoms with van der Waals surface area (Å²) in [6.45, 7) is 13.0. The van der Waals surface area contributed by atoms with Gasteiger partial charge in [0.15, 0.2) is 5.96 Å². The van der Waals surface area contributed by atoms with Crippen molar-refractivity contribution in [3.8, 4) is 5.75 Å². The summed E-state index contributed by atoms with van der Waals surface area (Å²) in [5.41, 5.74) is 2.52. The molecule has 24 heavy (non-hydrogen) atoms. The lowest BCUT2D eigenvalue weighted by Crippen LogP contribution is -2.51. The SMILES string of the molecule is CCNC(=NCc1ccc(C)cc1OCC)NCC1(C)COC1.I. The van der Waals surface area contributed by atoms with Gasteiger partial charge in [0.1, 0.15) is 5.75 Å². The molecule has 0 radical (unpaired) electrons. The molecule has 1 aromatic carbocycles. The van der Waals surface area contributed by atoms with Crippen LogP contribution in [-0.2, 0) is 11.3 Å². The fraction of sp³-hybridized carbons (Fsp3) is 0.611. The van der Waals surface area contributed by atoms with Crippen molar-refractivity contribution in [1.82, 2.24) is 10.6 Å². The average Bonchev–Trinajstić information content (AvgIpc) is 2.50. The molecule has 0 unspecified atom stereocenters. The molecule has 0 atom stereocenters. The Balaban J connectivity index is 0.00000288. The molecule has 2 N–H and O–H groups in total. The van der Waals surface area contributed by atoms with Gasteiger partial charge in [0, 0.05) is 24.1 Å². The zero-order valence-corrected chi connectivity index (χ0v) is 17.5. The third-order valence-corrected chi connectivity index (χ3v) is 3.86. The summed E-state index contributed by atoms with van der Waals surface area (Å²) < 4.78 is 11.0. The first-order valence-electron chi connectivity index (χ1n) is 8.38. The van der Waals surface area contributed by atoms with Crippen LogP contribution in [0.4, 0.5) is 0 Å². The minimum absolute atomic E-state index is 0. The first-order chi connectivity index (χ1) is 11.1. The van der Waals surface area contributed by atoms with E-state index in [4.69, 9.17) is 14.5 Å². The minimum Gasteiger partial charge on any atom is -0.494 e. The molecule has 1 heterocycles. The number of ether oxygens (including phenoxy) is 2. The van der Waals surface area contributed by atoms with Gasteiger partial charge in [-0.1, -0.05) is 19.1 Å².